The summed E-state index contributed by atoms with van der Waals surface area (Å²) in [6.45, 7) is 1.90. The number of benzene rings is 1. The lowest BCUT2D eigenvalue weighted by atomic mass is 10.3. The highest BCUT2D eigenvalue weighted by Gasteiger charge is 2.15. The number of anilines is 1. The molecule has 0 bridgehead atoms. The summed E-state index contributed by atoms with van der Waals surface area (Å²) in [5.74, 6) is 0.374. The van der Waals surface area contributed by atoms with Gasteiger partial charge in [-0.3, -0.25) is 4.79 Å². The van der Waals surface area contributed by atoms with E-state index in [2.05, 4.69) is 16.0 Å². The maximum Gasteiger partial charge on any atom is 0.319 e. The predicted molar refractivity (Wildman–Crippen MR) is 78.6 cm³/mol. The highest BCUT2D eigenvalue weighted by molar-refractivity contribution is 5.93. The fourth-order valence-corrected chi connectivity index (χ4v) is 1.69. The van der Waals surface area contributed by atoms with Crippen LogP contribution >= 0.6 is 0 Å². The van der Waals surface area contributed by atoms with Crippen LogP contribution in [0, 0.1) is 0 Å². The van der Waals surface area contributed by atoms with Crippen molar-refractivity contribution in [2.24, 2.45) is 0 Å². The van der Waals surface area contributed by atoms with Crippen LogP contribution in [0.15, 0.2) is 53.1 Å². The van der Waals surface area contributed by atoms with Crippen molar-refractivity contribution in [2.45, 2.75) is 19.5 Å². The summed E-state index contributed by atoms with van der Waals surface area (Å²) in [5, 5.41) is 7.89. The lowest BCUT2D eigenvalue weighted by Gasteiger charge is -2.14. The van der Waals surface area contributed by atoms with Crippen LogP contribution in [0.5, 0.6) is 0 Å². The Labute approximate surface area is 122 Å². The fraction of sp³-hybridized carbons (Fsp3) is 0.200. The van der Waals surface area contributed by atoms with Crippen LogP contribution in [0.4, 0.5) is 10.5 Å². The minimum Gasteiger partial charge on any atom is -0.467 e. The molecule has 6 heteroatoms. The molecule has 3 amide bonds. The molecule has 21 heavy (non-hydrogen) atoms. The number of carbonyl (C=O) groups is 2. The number of para-hydroxylation sites is 1. The highest BCUT2D eigenvalue weighted by atomic mass is 16.3. The van der Waals surface area contributed by atoms with Crippen molar-refractivity contribution in [3.63, 3.8) is 0 Å². The first-order valence-electron chi connectivity index (χ1n) is 6.58. The normalized spacial score (nSPS) is 11.5. The van der Waals surface area contributed by atoms with Gasteiger partial charge in [-0.25, -0.2) is 4.79 Å². The van der Waals surface area contributed by atoms with Crippen molar-refractivity contribution < 1.29 is 14.0 Å². The van der Waals surface area contributed by atoms with Gasteiger partial charge in [-0.15, -0.1) is 0 Å². The molecule has 0 radical (unpaired) electrons. The van der Waals surface area contributed by atoms with Crippen LogP contribution in [0.1, 0.15) is 12.7 Å². The summed E-state index contributed by atoms with van der Waals surface area (Å²) in [4.78, 5) is 23.6. The van der Waals surface area contributed by atoms with Crippen LogP contribution in [-0.2, 0) is 11.3 Å². The third-order valence-electron chi connectivity index (χ3n) is 2.79. The second-order valence-electron chi connectivity index (χ2n) is 4.48. The second kappa shape index (κ2) is 7.14. The van der Waals surface area contributed by atoms with E-state index in [1.807, 2.05) is 18.2 Å². The Hall–Kier alpha value is -2.76. The number of amides is 3. The molecule has 0 aliphatic rings. The predicted octanol–water partition coefficient (Wildman–Crippen LogP) is 2.11. The zero-order valence-electron chi connectivity index (χ0n) is 11.6. The van der Waals surface area contributed by atoms with E-state index in [0.29, 0.717) is 11.4 Å². The molecule has 1 heterocycles. The lowest BCUT2D eigenvalue weighted by Crippen LogP contribution is -2.46. The summed E-state index contributed by atoms with van der Waals surface area (Å²) in [7, 11) is 0. The molecule has 110 valence electrons. The van der Waals surface area contributed by atoms with Crippen LogP contribution < -0.4 is 16.0 Å². The van der Waals surface area contributed by atoms with E-state index in [4.69, 9.17) is 4.42 Å². The van der Waals surface area contributed by atoms with E-state index in [1.165, 1.54) is 6.26 Å². The summed E-state index contributed by atoms with van der Waals surface area (Å²) < 4.78 is 5.11. The van der Waals surface area contributed by atoms with Gasteiger partial charge in [0.05, 0.1) is 12.8 Å². The fourth-order valence-electron chi connectivity index (χ4n) is 1.69. The number of hydrogen-bond acceptors (Lipinski definition) is 3. The van der Waals surface area contributed by atoms with Gasteiger partial charge in [0, 0.05) is 5.69 Å². The van der Waals surface area contributed by atoms with E-state index in [1.54, 1.807) is 31.2 Å². The lowest BCUT2D eigenvalue weighted by molar-refractivity contribution is -0.122. The van der Waals surface area contributed by atoms with Gasteiger partial charge in [0.1, 0.15) is 11.8 Å². The van der Waals surface area contributed by atoms with E-state index >= 15 is 0 Å². The summed E-state index contributed by atoms with van der Waals surface area (Å²) in [5.41, 5.74) is 0.665. The number of nitrogens with one attached hydrogen (secondary N) is 3. The Balaban J connectivity index is 1.76. The first-order valence-corrected chi connectivity index (χ1v) is 6.58. The molecule has 1 unspecified atom stereocenters. The second-order valence-corrected chi connectivity index (χ2v) is 4.48. The summed E-state index contributed by atoms with van der Waals surface area (Å²) >= 11 is 0. The minimum absolute atomic E-state index is 0.283. The average Bonchev–Trinajstić information content (AvgIpc) is 2.98. The molecule has 0 saturated carbocycles. The molecular formula is C15H17N3O3. The van der Waals surface area contributed by atoms with E-state index in [0.717, 1.165) is 0 Å². The van der Waals surface area contributed by atoms with Crippen molar-refractivity contribution in [1.82, 2.24) is 10.6 Å². The smallest absolute Gasteiger partial charge is 0.319 e. The summed E-state index contributed by atoms with van der Waals surface area (Å²) in [6, 6.07) is 11.4. The number of furan rings is 1. The standard InChI is InChI=1S/C15H17N3O3/c1-11(14(19)16-10-13-8-5-9-21-13)17-15(20)18-12-6-3-2-4-7-12/h2-9,11H,10H2,1H3,(H,16,19)(H2,17,18,20). The molecule has 0 fully saturated rings. The van der Waals surface area contributed by atoms with E-state index in [9.17, 15) is 9.59 Å². The highest BCUT2D eigenvalue weighted by Crippen LogP contribution is 2.04. The van der Waals surface area contributed by atoms with Crippen molar-refractivity contribution in [3.8, 4) is 0 Å². The molecule has 1 atom stereocenters. The SMILES string of the molecule is CC(NC(=O)Nc1ccccc1)C(=O)NCc1ccco1. The molecule has 0 aliphatic heterocycles. The quantitative estimate of drug-likeness (QED) is 0.787. The topological polar surface area (TPSA) is 83.4 Å². The Morgan fingerprint density at radius 3 is 2.57 bits per heavy atom. The van der Waals surface area contributed by atoms with Gasteiger partial charge in [-0.1, -0.05) is 18.2 Å². The molecular weight excluding hydrogens is 270 g/mol. The maximum absolute atomic E-state index is 11.8. The Morgan fingerprint density at radius 1 is 1.14 bits per heavy atom. The van der Waals surface area contributed by atoms with Crippen molar-refractivity contribution in [1.29, 1.82) is 0 Å². The molecule has 0 saturated heterocycles. The molecule has 1 aromatic carbocycles. The van der Waals surface area contributed by atoms with Gasteiger partial charge in [0.2, 0.25) is 5.91 Å². The number of urea groups is 1. The first kappa shape index (κ1) is 14.6. The minimum atomic E-state index is -0.649. The Morgan fingerprint density at radius 2 is 1.90 bits per heavy atom. The maximum atomic E-state index is 11.8. The summed E-state index contributed by atoms with van der Waals surface area (Å²) in [6.07, 6.45) is 1.54. The van der Waals surface area contributed by atoms with Crippen molar-refractivity contribution >= 4 is 17.6 Å². The molecule has 6 nitrogen and oxygen atoms in total. The van der Waals surface area contributed by atoms with Gasteiger partial charge >= 0.3 is 6.03 Å². The number of carbonyl (C=O) groups excluding carboxylic acids is 2. The average molecular weight is 287 g/mol. The number of rotatable bonds is 5. The molecule has 2 aromatic rings. The van der Waals surface area contributed by atoms with Crippen LogP contribution in [-0.4, -0.2) is 18.0 Å². The van der Waals surface area contributed by atoms with Gasteiger partial charge in [-0.2, -0.15) is 0 Å². The third kappa shape index (κ3) is 4.68. The zero-order valence-corrected chi connectivity index (χ0v) is 11.6. The van der Waals surface area contributed by atoms with E-state index in [-0.39, 0.29) is 12.5 Å². The monoisotopic (exact) mass is 287 g/mol. The van der Waals surface area contributed by atoms with Crippen LogP contribution in [0.2, 0.25) is 0 Å². The first-order chi connectivity index (χ1) is 10.1. The van der Waals surface area contributed by atoms with Crippen molar-refractivity contribution in [3.05, 3.63) is 54.5 Å². The molecule has 3 N–H and O–H groups in total. The molecule has 0 spiro atoms. The third-order valence-corrected chi connectivity index (χ3v) is 2.79. The molecule has 0 aliphatic carbocycles. The van der Waals surface area contributed by atoms with Gasteiger partial charge in [0.25, 0.3) is 0 Å². The van der Waals surface area contributed by atoms with Crippen molar-refractivity contribution in [2.75, 3.05) is 5.32 Å². The molecule has 2 rings (SSSR count). The zero-order chi connectivity index (χ0) is 15.1. The van der Waals surface area contributed by atoms with Crippen LogP contribution in [0.25, 0.3) is 0 Å². The number of hydrogen-bond donors (Lipinski definition) is 3. The van der Waals surface area contributed by atoms with Gasteiger partial charge in [-0.05, 0) is 31.2 Å². The van der Waals surface area contributed by atoms with Gasteiger partial charge < -0.3 is 20.4 Å². The largest absolute Gasteiger partial charge is 0.467 e. The Kier molecular flexibility index (Phi) is 4.98. The van der Waals surface area contributed by atoms with E-state index < -0.39 is 12.1 Å². The Bertz CT molecular complexity index is 581. The van der Waals surface area contributed by atoms with Gasteiger partial charge in [0.15, 0.2) is 0 Å². The van der Waals surface area contributed by atoms with Crippen LogP contribution in [0.3, 0.4) is 0 Å². The molecule has 1 aromatic heterocycles.